The number of halogens is 3. The third kappa shape index (κ3) is 9.23. The van der Waals surface area contributed by atoms with Crippen LogP contribution in [0.4, 0.5) is 5.69 Å². The molecule has 11 heteroatoms. The van der Waals surface area contributed by atoms with E-state index in [0.29, 0.717) is 21.5 Å². The number of hydrogen-bond acceptors (Lipinski definition) is 4. The van der Waals surface area contributed by atoms with Crippen molar-refractivity contribution in [3.05, 3.63) is 129 Å². The maximum Gasteiger partial charge on any atom is 0.264 e. The van der Waals surface area contributed by atoms with Crippen molar-refractivity contribution < 1.29 is 18.0 Å². The van der Waals surface area contributed by atoms with Crippen LogP contribution < -0.4 is 9.62 Å². The van der Waals surface area contributed by atoms with Crippen LogP contribution >= 0.6 is 34.8 Å². The third-order valence-corrected chi connectivity index (χ3v) is 9.84. The van der Waals surface area contributed by atoms with Crippen LogP contribution in [0.1, 0.15) is 31.4 Å². The van der Waals surface area contributed by atoms with E-state index < -0.39 is 28.5 Å². The lowest BCUT2D eigenvalue weighted by Gasteiger charge is -2.34. The number of rotatable bonds is 13. The highest BCUT2D eigenvalue weighted by atomic mass is 35.5. The van der Waals surface area contributed by atoms with Crippen LogP contribution in [0.25, 0.3) is 0 Å². The number of amides is 2. The van der Waals surface area contributed by atoms with Gasteiger partial charge in [0.15, 0.2) is 0 Å². The number of anilines is 1. The maximum absolute atomic E-state index is 14.5. The summed E-state index contributed by atoms with van der Waals surface area (Å²) >= 11 is 18.4. The number of carbonyl (C=O) groups is 2. The van der Waals surface area contributed by atoms with E-state index in [-0.39, 0.29) is 35.5 Å². The molecule has 4 aromatic carbocycles. The monoisotopic (exact) mass is 685 g/mol. The summed E-state index contributed by atoms with van der Waals surface area (Å²) < 4.78 is 29.1. The Labute approximate surface area is 279 Å². The topological polar surface area (TPSA) is 86.8 Å². The highest BCUT2D eigenvalue weighted by Gasteiger charge is 2.35. The molecule has 0 heterocycles. The van der Waals surface area contributed by atoms with Gasteiger partial charge in [-0.2, -0.15) is 0 Å². The van der Waals surface area contributed by atoms with Crippen LogP contribution in [-0.2, 0) is 32.6 Å². The molecule has 236 valence electrons. The normalized spacial score (nSPS) is 12.6. The minimum Gasteiger partial charge on any atom is -0.352 e. The molecule has 0 fully saturated rings. The Morgan fingerprint density at radius 2 is 1.40 bits per heavy atom. The van der Waals surface area contributed by atoms with Crippen LogP contribution in [0.15, 0.2) is 108 Å². The number of nitrogens with one attached hydrogen (secondary N) is 1. The fraction of sp³-hybridized carbons (Fsp3) is 0.235. The summed E-state index contributed by atoms with van der Waals surface area (Å²) in [6.07, 6.45) is 0.903. The molecule has 0 saturated carbocycles. The van der Waals surface area contributed by atoms with Gasteiger partial charge in [0.05, 0.1) is 10.6 Å². The molecule has 2 amide bonds. The Kier molecular flexibility index (Phi) is 11.9. The summed E-state index contributed by atoms with van der Waals surface area (Å²) in [4.78, 5) is 29.7. The van der Waals surface area contributed by atoms with Crippen LogP contribution in [-0.4, -0.2) is 43.8 Å². The number of carbonyl (C=O) groups excluding carboxylic acids is 2. The van der Waals surface area contributed by atoms with Gasteiger partial charge >= 0.3 is 0 Å². The first-order valence-corrected chi connectivity index (χ1v) is 17.0. The lowest BCUT2D eigenvalue weighted by Crippen LogP contribution is -2.54. The molecule has 0 aromatic heterocycles. The highest BCUT2D eigenvalue weighted by molar-refractivity contribution is 7.92. The van der Waals surface area contributed by atoms with E-state index in [1.165, 1.54) is 35.2 Å². The van der Waals surface area contributed by atoms with Crippen molar-refractivity contribution in [2.75, 3.05) is 10.8 Å². The molecule has 2 atom stereocenters. The van der Waals surface area contributed by atoms with Crippen molar-refractivity contribution in [3.8, 4) is 0 Å². The molecule has 1 N–H and O–H groups in total. The first-order valence-electron chi connectivity index (χ1n) is 14.4. The zero-order chi connectivity index (χ0) is 32.6. The van der Waals surface area contributed by atoms with Crippen molar-refractivity contribution in [2.45, 2.75) is 50.2 Å². The fourth-order valence-corrected chi connectivity index (χ4v) is 6.52. The quantitative estimate of drug-likeness (QED) is 0.159. The molecule has 45 heavy (non-hydrogen) atoms. The molecule has 0 bridgehead atoms. The smallest absolute Gasteiger partial charge is 0.264 e. The molecule has 7 nitrogen and oxygen atoms in total. The standard InChI is InChI=1S/C34H34Cl3N3O4S/c1-3-24(2)38-34(42)32(20-25-8-5-4-6-9-25)39(22-26-12-14-27(35)15-13-26)33(41)23-40(30-11-7-10-29(37)21-30)45(43,44)31-18-16-28(36)17-19-31/h4-19,21,24,32H,3,20,22-23H2,1-2H3,(H,38,42). The van der Waals surface area contributed by atoms with Crippen molar-refractivity contribution in [1.82, 2.24) is 10.2 Å². The summed E-state index contributed by atoms with van der Waals surface area (Å²) in [6, 6.07) is 27.2. The first kappa shape index (κ1) is 34.3. The Bertz CT molecular complexity index is 1700. The van der Waals surface area contributed by atoms with Gasteiger partial charge in [-0.15, -0.1) is 0 Å². The fourth-order valence-electron chi connectivity index (χ4n) is 4.68. The molecule has 0 radical (unpaired) electrons. The Hall–Kier alpha value is -3.56. The molecule has 0 aliphatic heterocycles. The number of hydrogen-bond donors (Lipinski definition) is 1. The molecular weight excluding hydrogens is 653 g/mol. The molecule has 4 aromatic rings. The minimum atomic E-state index is -4.27. The van der Waals surface area contributed by atoms with E-state index in [1.54, 1.807) is 42.5 Å². The molecule has 0 aliphatic carbocycles. The average Bonchev–Trinajstić information content (AvgIpc) is 3.02. The molecule has 4 rings (SSSR count). The van der Waals surface area contributed by atoms with E-state index in [1.807, 2.05) is 44.2 Å². The van der Waals surface area contributed by atoms with Gasteiger partial charge in [0.1, 0.15) is 12.6 Å². The zero-order valence-electron chi connectivity index (χ0n) is 24.9. The second-order valence-electron chi connectivity index (χ2n) is 10.6. The Balaban J connectivity index is 1.80. The van der Waals surface area contributed by atoms with E-state index in [0.717, 1.165) is 15.4 Å². The van der Waals surface area contributed by atoms with Crippen molar-refractivity contribution in [3.63, 3.8) is 0 Å². The number of benzene rings is 4. The summed E-state index contributed by atoms with van der Waals surface area (Å²) in [5.41, 5.74) is 1.76. The predicted molar refractivity (Wildman–Crippen MR) is 181 cm³/mol. The Morgan fingerprint density at radius 3 is 2.00 bits per heavy atom. The summed E-state index contributed by atoms with van der Waals surface area (Å²) in [5, 5.41) is 4.20. The van der Waals surface area contributed by atoms with Gasteiger partial charge < -0.3 is 10.2 Å². The van der Waals surface area contributed by atoms with Crippen molar-refractivity contribution in [2.24, 2.45) is 0 Å². The summed E-state index contributed by atoms with van der Waals surface area (Å²) in [7, 11) is -4.27. The van der Waals surface area contributed by atoms with Crippen LogP contribution in [0.5, 0.6) is 0 Å². The van der Waals surface area contributed by atoms with Crippen LogP contribution in [0.3, 0.4) is 0 Å². The molecule has 0 aliphatic rings. The average molecular weight is 687 g/mol. The molecule has 2 unspecified atom stereocenters. The highest BCUT2D eigenvalue weighted by Crippen LogP contribution is 2.28. The summed E-state index contributed by atoms with van der Waals surface area (Å²) in [6.45, 7) is 3.28. The zero-order valence-corrected chi connectivity index (χ0v) is 28.0. The van der Waals surface area contributed by atoms with Crippen molar-refractivity contribution >= 4 is 62.3 Å². The van der Waals surface area contributed by atoms with E-state index >= 15 is 0 Å². The molecule has 0 saturated heterocycles. The van der Waals surface area contributed by atoms with Gasteiger partial charge in [0.2, 0.25) is 11.8 Å². The first-order chi connectivity index (χ1) is 21.5. The number of sulfonamides is 1. The minimum absolute atomic E-state index is 0.0335. The third-order valence-electron chi connectivity index (χ3n) is 7.31. The van der Waals surface area contributed by atoms with E-state index in [2.05, 4.69) is 5.32 Å². The predicted octanol–water partition coefficient (Wildman–Crippen LogP) is 7.40. The number of nitrogens with zero attached hydrogens (tertiary/aromatic N) is 2. The lowest BCUT2D eigenvalue weighted by atomic mass is 10.0. The van der Waals surface area contributed by atoms with Gasteiger partial charge in [-0.05, 0) is 79.1 Å². The van der Waals surface area contributed by atoms with Gasteiger partial charge in [-0.25, -0.2) is 8.42 Å². The van der Waals surface area contributed by atoms with Gasteiger partial charge in [0, 0.05) is 34.1 Å². The van der Waals surface area contributed by atoms with Gasteiger partial charge in [0.25, 0.3) is 10.0 Å². The second kappa shape index (κ2) is 15.6. The maximum atomic E-state index is 14.5. The van der Waals surface area contributed by atoms with Crippen LogP contribution in [0.2, 0.25) is 15.1 Å². The lowest BCUT2D eigenvalue weighted by molar-refractivity contribution is -0.140. The van der Waals surface area contributed by atoms with Gasteiger partial charge in [-0.3, -0.25) is 13.9 Å². The molecule has 0 spiro atoms. The van der Waals surface area contributed by atoms with E-state index in [4.69, 9.17) is 34.8 Å². The molecular formula is C34H34Cl3N3O4S. The van der Waals surface area contributed by atoms with Gasteiger partial charge in [-0.1, -0.05) is 90.3 Å². The Morgan fingerprint density at radius 1 is 0.778 bits per heavy atom. The van der Waals surface area contributed by atoms with E-state index in [9.17, 15) is 18.0 Å². The largest absolute Gasteiger partial charge is 0.352 e. The summed E-state index contributed by atoms with van der Waals surface area (Å²) in [5.74, 6) is -0.923. The van der Waals surface area contributed by atoms with Crippen LogP contribution in [0, 0.1) is 0 Å². The van der Waals surface area contributed by atoms with Crippen molar-refractivity contribution in [1.29, 1.82) is 0 Å². The SMILES string of the molecule is CCC(C)NC(=O)C(Cc1ccccc1)N(Cc1ccc(Cl)cc1)C(=O)CN(c1cccc(Cl)c1)S(=O)(=O)c1ccc(Cl)cc1. The second-order valence-corrected chi connectivity index (χ2v) is 13.8.